The lowest BCUT2D eigenvalue weighted by Crippen LogP contribution is -2.31. The molecule has 0 aromatic carbocycles. The quantitative estimate of drug-likeness (QED) is 0.827. The Morgan fingerprint density at radius 3 is 2.74 bits per heavy atom. The zero-order valence-corrected chi connectivity index (χ0v) is 14.5. The van der Waals surface area contributed by atoms with Crippen LogP contribution in [0, 0.1) is 6.92 Å². The van der Waals surface area contributed by atoms with Crippen molar-refractivity contribution < 1.29 is 14.0 Å². The SMILES string of the molecule is CCCCN(CC)C(=O)c1sc(NC(=O)c2ccco2)cc1C. The molecule has 0 spiro atoms. The number of carbonyl (C=O) groups is 2. The van der Waals surface area contributed by atoms with E-state index < -0.39 is 0 Å². The fourth-order valence-electron chi connectivity index (χ4n) is 2.23. The van der Waals surface area contributed by atoms with Crippen molar-refractivity contribution in [3.63, 3.8) is 0 Å². The van der Waals surface area contributed by atoms with Crippen LogP contribution in [0.5, 0.6) is 0 Å². The first-order valence-electron chi connectivity index (χ1n) is 7.81. The number of unbranched alkanes of at least 4 members (excludes halogenated alkanes) is 1. The zero-order chi connectivity index (χ0) is 16.8. The number of nitrogens with one attached hydrogen (secondary N) is 1. The van der Waals surface area contributed by atoms with Crippen LogP contribution in [-0.2, 0) is 0 Å². The lowest BCUT2D eigenvalue weighted by atomic mass is 10.2. The van der Waals surface area contributed by atoms with Gasteiger partial charge in [0.05, 0.1) is 16.1 Å². The molecule has 23 heavy (non-hydrogen) atoms. The molecule has 6 heteroatoms. The summed E-state index contributed by atoms with van der Waals surface area (Å²) in [6, 6.07) is 5.09. The molecule has 2 rings (SSSR count). The first kappa shape index (κ1) is 17.3. The van der Waals surface area contributed by atoms with Crippen LogP contribution in [0.2, 0.25) is 0 Å². The predicted molar refractivity (Wildman–Crippen MR) is 92.2 cm³/mol. The first-order chi connectivity index (χ1) is 11.1. The summed E-state index contributed by atoms with van der Waals surface area (Å²) in [5.74, 6) is -0.0300. The lowest BCUT2D eigenvalue weighted by molar-refractivity contribution is 0.0766. The van der Waals surface area contributed by atoms with E-state index in [4.69, 9.17) is 4.42 Å². The molecule has 0 aliphatic heterocycles. The van der Waals surface area contributed by atoms with Crippen LogP contribution >= 0.6 is 11.3 Å². The maximum Gasteiger partial charge on any atom is 0.291 e. The first-order valence-corrected chi connectivity index (χ1v) is 8.63. The number of furan rings is 1. The Balaban J connectivity index is 2.10. The number of hydrogen-bond donors (Lipinski definition) is 1. The molecule has 0 aliphatic carbocycles. The Hall–Kier alpha value is -2.08. The normalized spacial score (nSPS) is 10.6. The Morgan fingerprint density at radius 1 is 1.35 bits per heavy atom. The number of hydrogen-bond acceptors (Lipinski definition) is 4. The molecule has 2 amide bonds. The van der Waals surface area contributed by atoms with E-state index in [0.29, 0.717) is 16.4 Å². The smallest absolute Gasteiger partial charge is 0.291 e. The van der Waals surface area contributed by atoms with Crippen LogP contribution in [0.4, 0.5) is 5.00 Å². The number of aryl methyl sites for hydroxylation is 1. The molecule has 124 valence electrons. The van der Waals surface area contributed by atoms with Crippen molar-refractivity contribution >= 4 is 28.2 Å². The highest BCUT2D eigenvalue weighted by molar-refractivity contribution is 7.18. The summed E-state index contributed by atoms with van der Waals surface area (Å²) in [6.07, 6.45) is 3.50. The third-order valence-corrected chi connectivity index (χ3v) is 4.68. The van der Waals surface area contributed by atoms with Crippen molar-refractivity contribution in [3.8, 4) is 0 Å². The number of nitrogens with zero attached hydrogens (tertiary/aromatic N) is 1. The van der Waals surface area contributed by atoms with E-state index in [1.165, 1.54) is 17.6 Å². The summed E-state index contributed by atoms with van der Waals surface area (Å²) in [5.41, 5.74) is 0.879. The van der Waals surface area contributed by atoms with Gasteiger partial charge in [-0.3, -0.25) is 9.59 Å². The van der Waals surface area contributed by atoms with Gasteiger partial charge in [0.2, 0.25) is 0 Å². The van der Waals surface area contributed by atoms with Crippen LogP contribution in [0.15, 0.2) is 28.9 Å². The van der Waals surface area contributed by atoms with Gasteiger partial charge in [-0.25, -0.2) is 0 Å². The maximum absolute atomic E-state index is 12.6. The predicted octanol–water partition coefficient (Wildman–Crippen LogP) is 4.16. The molecule has 0 saturated heterocycles. The van der Waals surface area contributed by atoms with Crippen LogP contribution in [0.1, 0.15) is 52.5 Å². The van der Waals surface area contributed by atoms with Gasteiger partial charge in [-0.2, -0.15) is 0 Å². The van der Waals surface area contributed by atoms with Gasteiger partial charge in [-0.05, 0) is 44.0 Å². The van der Waals surface area contributed by atoms with Crippen LogP contribution in [0.3, 0.4) is 0 Å². The minimum atomic E-state index is -0.312. The van der Waals surface area contributed by atoms with Crippen LogP contribution in [-0.4, -0.2) is 29.8 Å². The summed E-state index contributed by atoms with van der Waals surface area (Å²) in [7, 11) is 0. The largest absolute Gasteiger partial charge is 0.459 e. The second kappa shape index (κ2) is 7.97. The molecular weight excluding hydrogens is 312 g/mol. The Morgan fingerprint density at radius 2 is 2.13 bits per heavy atom. The Bertz CT molecular complexity index is 661. The molecule has 0 bridgehead atoms. The van der Waals surface area contributed by atoms with E-state index in [-0.39, 0.29) is 17.6 Å². The van der Waals surface area contributed by atoms with Crippen molar-refractivity contribution in [2.45, 2.75) is 33.6 Å². The van der Waals surface area contributed by atoms with Crippen LogP contribution in [0.25, 0.3) is 0 Å². The van der Waals surface area contributed by atoms with Gasteiger partial charge >= 0.3 is 0 Å². The highest BCUT2D eigenvalue weighted by atomic mass is 32.1. The number of carbonyl (C=O) groups excluding carboxylic acids is 2. The van der Waals surface area contributed by atoms with Gasteiger partial charge < -0.3 is 14.6 Å². The third-order valence-electron chi connectivity index (χ3n) is 3.54. The molecule has 1 N–H and O–H groups in total. The van der Waals surface area contributed by atoms with E-state index in [9.17, 15) is 9.59 Å². The van der Waals surface area contributed by atoms with Crippen molar-refractivity contribution in [1.82, 2.24) is 4.90 Å². The van der Waals surface area contributed by atoms with E-state index in [2.05, 4.69) is 12.2 Å². The molecule has 0 saturated carbocycles. The van der Waals surface area contributed by atoms with Crippen molar-refractivity contribution in [1.29, 1.82) is 0 Å². The summed E-state index contributed by atoms with van der Waals surface area (Å²) < 4.78 is 5.07. The van der Waals surface area contributed by atoms with Crippen LogP contribution < -0.4 is 5.32 Å². The van der Waals surface area contributed by atoms with E-state index in [1.54, 1.807) is 12.1 Å². The monoisotopic (exact) mass is 334 g/mol. The fraction of sp³-hybridized carbons (Fsp3) is 0.412. The minimum absolute atomic E-state index is 0.0296. The Labute approximate surface area is 140 Å². The Kier molecular flexibility index (Phi) is 5.98. The average molecular weight is 334 g/mol. The van der Waals surface area contributed by atoms with E-state index in [1.807, 2.05) is 24.8 Å². The highest BCUT2D eigenvalue weighted by Gasteiger charge is 2.20. The minimum Gasteiger partial charge on any atom is -0.459 e. The van der Waals surface area contributed by atoms with Crippen molar-refractivity contribution in [3.05, 3.63) is 40.7 Å². The van der Waals surface area contributed by atoms with E-state index >= 15 is 0 Å². The maximum atomic E-state index is 12.6. The van der Waals surface area contributed by atoms with Crippen molar-refractivity contribution in [2.24, 2.45) is 0 Å². The average Bonchev–Trinajstić information content (AvgIpc) is 3.17. The molecule has 0 aliphatic rings. The molecule has 0 unspecified atom stereocenters. The second-order valence-electron chi connectivity index (χ2n) is 5.29. The molecular formula is C17H22N2O3S. The van der Waals surface area contributed by atoms with Gasteiger partial charge in [0, 0.05) is 13.1 Å². The third kappa shape index (κ3) is 4.22. The summed E-state index contributed by atoms with van der Waals surface area (Å²) in [4.78, 5) is 27.2. The van der Waals surface area contributed by atoms with Crippen molar-refractivity contribution in [2.75, 3.05) is 18.4 Å². The number of amides is 2. The summed E-state index contributed by atoms with van der Waals surface area (Å²) in [5, 5.41) is 3.43. The van der Waals surface area contributed by atoms with Gasteiger partial charge in [0.1, 0.15) is 0 Å². The molecule has 2 aromatic heterocycles. The summed E-state index contributed by atoms with van der Waals surface area (Å²) in [6.45, 7) is 7.43. The van der Waals surface area contributed by atoms with E-state index in [0.717, 1.165) is 24.9 Å². The molecule has 2 aromatic rings. The van der Waals surface area contributed by atoms with Gasteiger partial charge in [0.25, 0.3) is 11.8 Å². The summed E-state index contributed by atoms with van der Waals surface area (Å²) >= 11 is 1.31. The molecule has 0 fully saturated rings. The second-order valence-corrected chi connectivity index (χ2v) is 6.34. The van der Waals surface area contributed by atoms with Gasteiger partial charge in [-0.15, -0.1) is 11.3 Å². The van der Waals surface area contributed by atoms with Gasteiger partial charge in [0.15, 0.2) is 5.76 Å². The number of anilines is 1. The van der Waals surface area contributed by atoms with Gasteiger partial charge in [-0.1, -0.05) is 13.3 Å². The highest BCUT2D eigenvalue weighted by Crippen LogP contribution is 2.28. The molecule has 5 nitrogen and oxygen atoms in total. The standard InChI is InChI=1S/C17H22N2O3S/c1-4-6-9-19(5-2)17(21)15-12(3)11-14(23-15)18-16(20)13-8-7-10-22-13/h7-8,10-11H,4-6,9H2,1-3H3,(H,18,20). The zero-order valence-electron chi connectivity index (χ0n) is 13.7. The number of thiophene rings is 1. The lowest BCUT2D eigenvalue weighted by Gasteiger charge is -2.20. The number of rotatable bonds is 7. The molecule has 2 heterocycles. The molecule has 0 atom stereocenters. The fourth-order valence-corrected chi connectivity index (χ4v) is 3.27. The topological polar surface area (TPSA) is 62.6 Å². The molecule has 0 radical (unpaired) electrons.